The molecule has 2 aliphatic carbocycles. The molecule has 0 N–H and O–H groups in total. The lowest BCUT2D eigenvalue weighted by atomic mass is 9.72. The van der Waals surface area contributed by atoms with Gasteiger partial charge in [-0.2, -0.15) is 18.4 Å². The van der Waals surface area contributed by atoms with Gasteiger partial charge in [-0.25, -0.2) is 4.79 Å². The van der Waals surface area contributed by atoms with Gasteiger partial charge in [-0.15, -0.1) is 10.2 Å². The van der Waals surface area contributed by atoms with Gasteiger partial charge in [0.05, 0.1) is 28.4 Å². The molecule has 7 rings (SSSR count). The van der Waals surface area contributed by atoms with E-state index in [0.717, 1.165) is 54.2 Å². The first kappa shape index (κ1) is 25.1. The summed E-state index contributed by atoms with van der Waals surface area (Å²) in [5, 5.41) is 18.2. The molecule has 0 radical (unpaired) electrons. The average Bonchev–Trinajstić information content (AvgIpc) is 3.45. The molecule has 1 aromatic carbocycles. The molecule has 3 fully saturated rings. The van der Waals surface area contributed by atoms with Gasteiger partial charge in [0.1, 0.15) is 12.2 Å². The smallest absolute Gasteiger partial charge is 0.320 e. The van der Waals surface area contributed by atoms with E-state index < -0.39 is 17.4 Å². The second kappa shape index (κ2) is 8.80. The fourth-order valence-corrected chi connectivity index (χ4v) is 6.51. The number of halogens is 3. The first-order valence-corrected chi connectivity index (χ1v) is 13.6. The number of rotatable bonds is 6. The van der Waals surface area contributed by atoms with Crippen LogP contribution in [0.1, 0.15) is 66.1 Å². The van der Waals surface area contributed by atoms with E-state index in [1.807, 2.05) is 11.6 Å². The van der Waals surface area contributed by atoms with Crippen molar-refractivity contribution in [2.75, 3.05) is 13.1 Å². The predicted octanol–water partition coefficient (Wildman–Crippen LogP) is 4.64. The highest BCUT2D eigenvalue weighted by atomic mass is 19.4. The van der Waals surface area contributed by atoms with Gasteiger partial charge in [-0.3, -0.25) is 13.9 Å². The summed E-state index contributed by atoms with van der Waals surface area (Å²) < 4.78 is 46.8. The van der Waals surface area contributed by atoms with Crippen LogP contribution >= 0.6 is 0 Å². The minimum Gasteiger partial charge on any atom is -0.320 e. The minimum absolute atomic E-state index is 0.148. The average molecular weight is 548 g/mol. The van der Waals surface area contributed by atoms with Crippen molar-refractivity contribution < 1.29 is 13.2 Å². The second-order valence-corrected chi connectivity index (χ2v) is 11.8. The quantitative estimate of drug-likeness (QED) is 0.351. The number of likely N-dealkylation sites (tertiary alicyclic amines) is 1. The molecule has 2 saturated carbocycles. The number of nitriles is 1. The molecule has 8 nitrogen and oxygen atoms in total. The molecule has 1 atom stereocenters. The first-order valence-electron chi connectivity index (χ1n) is 13.6. The van der Waals surface area contributed by atoms with E-state index in [4.69, 9.17) is 0 Å². The summed E-state index contributed by atoms with van der Waals surface area (Å²) in [6.45, 7) is 2.15. The molecule has 0 unspecified atom stereocenters. The number of nitrogens with zero attached hydrogens (tertiary/aromatic N) is 7. The topological polar surface area (TPSA) is 84.2 Å². The van der Waals surface area contributed by atoms with Gasteiger partial charge in [0.15, 0.2) is 0 Å². The van der Waals surface area contributed by atoms with E-state index in [0.29, 0.717) is 34.7 Å². The van der Waals surface area contributed by atoms with Crippen molar-refractivity contribution in [3.63, 3.8) is 0 Å². The lowest BCUT2D eigenvalue weighted by Gasteiger charge is -2.40. The summed E-state index contributed by atoms with van der Waals surface area (Å²) in [6.07, 6.45) is 5.20. The van der Waals surface area contributed by atoms with Crippen molar-refractivity contribution in [3.05, 3.63) is 81.5 Å². The Labute approximate surface area is 228 Å². The lowest BCUT2D eigenvalue weighted by Crippen LogP contribution is -2.47. The molecule has 0 bridgehead atoms. The van der Waals surface area contributed by atoms with E-state index >= 15 is 0 Å². The Morgan fingerprint density at radius 2 is 1.93 bits per heavy atom. The molecule has 3 aromatic heterocycles. The van der Waals surface area contributed by atoms with Crippen molar-refractivity contribution in [3.8, 4) is 11.8 Å². The Kier molecular flexibility index (Phi) is 5.52. The molecular weight excluding hydrogens is 519 g/mol. The first-order chi connectivity index (χ1) is 19.1. The molecule has 4 aromatic rings. The van der Waals surface area contributed by atoms with Gasteiger partial charge in [-0.05, 0) is 72.4 Å². The normalized spacial score (nSPS) is 19.4. The number of fused-ring (bicyclic) bond motifs is 1. The summed E-state index contributed by atoms with van der Waals surface area (Å²) in [5.41, 5.74) is 0.635. The predicted molar refractivity (Wildman–Crippen MR) is 140 cm³/mol. The Hall–Kier alpha value is -3.91. The Morgan fingerprint density at radius 3 is 2.52 bits per heavy atom. The molecule has 40 heavy (non-hydrogen) atoms. The zero-order valence-corrected chi connectivity index (χ0v) is 22.0. The fourth-order valence-electron chi connectivity index (χ4n) is 6.51. The van der Waals surface area contributed by atoms with Crippen molar-refractivity contribution in [2.24, 2.45) is 18.4 Å². The van der Waals surface area contributed by atoms with Crippen LogP contribution in [0.5, 0.6) is 0 Å². The second-order valence-electron chi connectivity index (χ2n) is 11.8. The SMILES string of the molecule is Cn1cnnc1[C@@H](c1cc(C#N)cc(-n2cc3c(C(F)(F)F)cc(CN4CC5(CC5)C4)cn3c2=O)c1)C1CCC1. The van der Waals surface area contributed by atoms with Gasteiger partial charge < -0.3 is 4.57 Å². The molecule has 11 heteroatoms. The van der Waals surface area contributed by atoms with Crippen LogP contribution in [-0.2, 0) is 19.8 Å². The van der Waals surface area contributed by atoms with Gasteiger partial charge >= 0.3 is 11.9 Å². The molecule has 3 aliphatic rings. The molecule has 206 valence electrons. The molecular formula is C29H28F3N7O. The molecule has 1 saturated heterocycles. The number of aromatic nitrogens is 5. The summed E-state index contributed by atoms with van der Waals surface area (Å²) >= 11 is 0. The minimum atomic E-state index is -4.63. The lowest BCUT2D eigenvalue weighted by molar-refractivity contribution is -0.136. The van der Waals surface area contributed by atoms with Crippen LogP contribution in [0.4, 0.5) is 13.2 Å². The Bertz CT molecular complexity index is 1720. The highest BCUT2D eigenvalue weighted by Gasteiger charge is 2.52. The maximum atomic E-state index is 14.2. The standard InChI is InChI=1S/C29H28F3N7O/c1-36-17-34-35-26(36)25(20-3-2-4-20)21-7-18(11-33)8-22(10-21)38-14-24-23(29(30,31)32)9-19(13-39(24)27(38)40)12-37-15-28(16-37)5-6-28/h7-10,13-14,17,20,25H,2-6,12,15-16H2,1H3/t25-/m1/s1. The van der Waals surface area contributed by atoms with Crippen LogP contribution in [-0.4, -0.2) is 41.7 Å². The van der Waals surface area contributed by atoms with Crippen LogP contribution < -0.4 is 5.69 Å². The number of imidazole rings is 1. The third-order valence-electron chi connectivity index (χ3n) is 8.96. The van der Waals surface area contributed by atoms with E-state index in [9.17, 15) is 23.2 Å². The number of hydrogen-bond acceptors (Lipinski definition) is 5. The van der Waals surface area contributed by atoms with Crippen LogP contribution in [0.25, 0.3) is 11.2 Å². The monoisotopic (exact) mass is 547 g/mol. The van der Waals surface area contributed by atoms with Gasteiger partial charge in [0.25, 0.3) is 0 Å². The van der Waals surface area contributed by atoms with Gasteiger partial charge in [0, 0.05) is 45.0 Å². The maximum absolute atomic E-state index is 14.2. The summed E-state index contributed by atoms with van der Waals surface area (Å²) in [4.78, 5) is 15.8. The molecule has 1 spiro atoms. The van der Waals surface area contributed by atoms with Gasteiger partial charge in [-0.1, -0.05) is 6.42 Å². The van der Waals surface area contributed by atoms with Crippen molar-refractivity contribution in [1.82, 2.24) is 28.6 Å². The summed E-state index contributed by atoms with van der Waals surface area (Å²) in [5.74, 6) is 0.901. The third-order valence-corrected chi connectivity index (χ3v) is 8.96. The van der Waals surface area contributed by atoms with E-state index in [1.165, 1.54) is 29.8 Å². The van der Waals surface area contributed by atoms with E-state index in [-0.39, 0.29) is 11.4 Å². The summed E-state index contributed by atoms with van der Waals surface area (Å²) in [7, 11) is 1.86. The zero-order chi connectivity index (χ0) is 27.8. The number of alkyl halides is 3. The van der Waals surface area contributed by atoms with Crippen LogP contribution in [0.15, 0.2) is 47.8 Å². The number of aryl methyl sites for hydroxylation is 1. The maximum Gasteiger partial charge on any atom is 0.418 e. The third kappa shape index (κ3) is 4.13. The van der Waals surface area contributed by atoms with E-state index in [1.54, 1.807) is 24.5 Å². The van der Waals surface area contributed by atoms with Crippen molar-refractivity contribution >= 4 is 5.52 Å². The van der Waals surface area contributed by atoms with Crippen molar-refractivity contribution in [1.29, 1.82) is 5.26 Å². The van der Waals surface area contributed by atoms with Crippen molar-refractivity contribution in [2.45, 2.75) is 50.7 Å². The van der Waals surface area contributed by atoms with Gasteiger partial charge in [0.2, 0.25) is 0 Å². The van der Waals surface area contributed by atoms with Crippen LogP contribution in [0.3, 0.4) is 0 Å². The number of benzene rings is 1. The largest absolute Gasteiger partial charge is 0.418 e. The highest BCUT2D eigenvalue weighted by Crippen LogP contribution is 2.53. The number of hydrogen-bond donors (Lipinski definition) is 0. The number of pyridine rings is 1. The molecule has 1 aliphatic heterocycles. The molecule has 0 amide bonds. The van der Waals surface area contributed by atoms with Crippen LogP contribution in [0, 0.1) is 22.7 Å². The summed E-state index contributed by atoms with van der Waals surface area (Å²) in [6, 6.07) is 8.44. The Morgan fingerprint density at radius 1 is 1.15 bits per heavy atom. The van der Waals surface area contributed by atoms with Crippen LogP contribution in [0.2, 0.25) is 0 Å². The molecule has 4 heterocycles. The van der Waals surface area contributed by atoms with E-state index in [2.05, 4.69) is 21.2 Å². The Balaban J connectivity index is 1.34. The zero-order valence-electron chi connectivity index (χ0n) is 22.0. The fraction of sp³-hybridized carbons (Fsp3) is 0.448. The highest BCUT2D eigenvalue weighted by molar-refractivity contribution is 5.58.